The van der Waals surface area contributed by atoms with Crippen molar-refractivity contribution in [1.29, 1.82) is 0 Å². The first-order valence-corrected chi connectivity index (χ1v) is 8.34. The van der Waals surface area contributed by atoms with Crippen LogP contribution in [0.4, 0.5) is 0 Å². The van der Waals surface area contributed by atoms with Gasteiger partial charge in [-0.15, -0.1) is 0 Å². The molecule has 2 heterocycles. The molecule has 1 fully saturated rings. The van der Waals surface area contributed by atoms with E-state index < -0.39 is 5.97 Å². The Morgan fingerprint density at radius 2 is 1.65 bits per heavy atom. The van der Waals surface area contributed by atoms with Crippen LogP contribution in [0.15, 0.2) is 23.0 Å². The van der Waals surface area contributed by atoms with E-state index in [1.165, 1.54) is 7.11 Å². The summed E-state index contributed by atoms with van der Waals surface area (Å²) in [5.74, 6) is -0.672. The first kappa shape index (κ1) is 17.7. The molecular weight excluding hydrogens is 340 g/mol. The molecule has 0 spiro atoms. The van der Waals surface area contributed by atoms with Crippen LogP contribution in [-0.4, -0.2) is 70.8 Å². The van der Waals surface area contributed by atoms with Crippen molar-refractivity contribution < 1.29 is 19.1 Å². The molecule has 0 radical (unpaired) electrons. The van der Waals surface area contributed by atoms with E-state index in [4.69, 9.17) is 0 Å². The van der Waals surface area contributed by atoms with E-state index in [1.807, 2.05) is 0 Å². The predicted molar refractivity (Wildman–Crippen MR) is 92.7 cm³/mol. The summed E-state index contributed by atoms with van der Waals surface area (Å²) in [7, 11) is 1.29. The Hall–Kier alpha value is -3.10. The number of esters is 1. The summed E-state index contributed by atoms with van der Waals surface area (Å²) in [6, 6.07) is 5.00. The van der Waals surface area contributed by atoms with Gasteiger partial charge < -0.3 is 24.5 Å². The third kappa shape index (κ3) is 3.76. The largest absolute Gasteiger partial charge is 0.469 e. The van der Waals surface area contributed by atoms with Crippen LogP contribution in [0.25, 0.3) is 11.0 Å². The monoisotopic (exact) mass is 360 g/mol. The number of nitrogens with one attached hydrogen (secondary N) is 2. The number of methoxy groups -OCH3 is 1. The fraction of sp³-hybridized carbons (Fsp3) is 0.412. The molecule has 1 aromatic heterocycles. The predicted octanol–water partition coefficient (Wildman–Crippen LogP) is 0.0938. The normalized spacial score (nSPS) is 14.5. The van der Waals surface area contributed by atoms with Crippen LogP contribution in [0.2, 0.25) is 0 Å². The van der Waals surface area contributed by atoms with Gasteiger partial charge in [0.2, 0.25) is 5.91 Å². The Labute approximate surface area is 148 Å². The van der Waals surface area contributed by atoms with Crippen molar-refractivity contribution in [3.63, 3.8) is 0 Å². The molecule has 0 bridgehead atoms. The third-order valence-electron chi connectivity index (χ3n) is 4.45. The molecule has 3 rings (SSSR count). The van der Waals surface area contributed by atoms with Crippen LogP contribution in [0.5, 0.6) is 0 Å². The molecular formula is C17H20N4O5. The summed E-state index contributed by atoms with van der Waals surface area (Å²) in [4.78, 5) is 55.8. The van der Waals surface area contributed by atoms with Crippen LogP contribution in [0, 0.1) is 0 Å². The van der Waals surface area contributed by atoms with E-state index in [0.29, 0.717) is 42.8 Å². The Kier molecular flexibility index (Phi) is 5.06. The number of H-pyrrole nitrogens is 2. The summed E-state index contributed by atoms with van der Waals surface area (Å²) >= 11 is 0. The molecule has 138 valence electrons. The van der Waals surface area contributed by atoms with Crippen molar-refractivity contribution in [2.75, 3.05) is 33.3 Å². The van der Waals surface area contributed by atoms with Crippen LogP contribution in [0.3, 0.4) is 0 Å². The fourth-order valence-corrected chi connectivity index (χ4v) is 2.98. The van der Waals surface area contributed by atoms with Gasteiger partial charge in [0.1, 0.15) is 0 Å². The van der Waals surface area contributed by atoms with Crippen molar-refractivity contribution >= 4 is 28.8 Å². The summed E-state index contributed by atoms with van der Waals surface area (Å²) in [5.41, 5.74) is 1.40. The lowest BCUT2D eigenvalue weighted by Crippen LogP contribution is -2.50. The number of aromatic nitrogens is 2. The number of amides is 2. The zero-order chi connectivity index (χ0) is 18.7. The van der Waals surface area contributed by atoms with Crippen molar-refractivity contribution in [3.05, 3.63) is 34.2 Å². The van der Waals surface area contributed by atoms with Gasteiger partial charge in [0.15, 0.2) is 0 Å². The molecule has 9 nitrogen and oxygen atoms in total. The molecule has 26 heavy (non-hydrogen) atoms. The first-order chi connectivity index (χ1) is 12.5. The molecule has 1 aliphatic heterocycles. The minimum Gasteiger partial charge on any atom is -0.469 e. The van der Waals surface area contributed by atoms with Crippen LogP contribution < -0.4 is 5.69 Å². The van der Waals surface area contributed by atoms with Gasteiger partial charge in [0.05, 0.1) is 24.6 Å². The van der Waals surface area contributed by atoms with Crippen LogP contribution >= 0.6 is 0 Å². The first-order valence-electron chi connectivity index (χ1n) is 8.34. The minimum atomic E-state index is -0.412. The Bertz CT molecular complexity index is 892. The number of fused-ring (bicyclic) bond motifs is 1. The van der Waals surface area contributed by atoms with Crippen molar-refractivity contribution in [1.82, 2.24) is 19.8 Å². The molecule has 0 saturated carbocycles. The lowest BCUT2D eigenvalue weighted by molar-refractivity contribution is -0.143. The average molecular weight is 360 g/mol. The summed E-state index contributed by atoms with van der Waals surface area (Å²) < 4.78 is 4.53. The van der Waals surface area contributed by atoms with Gasteiger partial charge in [-0.2, -0.15) is 0 Å². The Morgan fingerprint density at radius 3 is 2.35 bits per heavy atom. The fourth-order valence-electron chi connectivity index (χ4n) is 2.98. The lowest BCUT2D eigenvalue weighted by Gasteiger charge is -2.34. The van der Waals surface area contributed by atoms with E-state index in [1.54, 1.807) is 28.0 Å². The number of rotatable bonds is 4. The average Bonchev–Trinajstić information content (AvgIpc) is 3.04. The van der Waals surface area contributed by atoms with Gasteiger partial charge >= 0.3 is 11.7 Å². The van der Waals surface area contributed by atoms with Gasteiger partial charge in [-0.05, 0) is 18.2 Å². The maximum absolute atomic E-state index is 12.6. The highest BCUT2D eigenvalue weighted by molar-refractivity contribution is 5.97. The van der Waals surface area contributed by atoms with Gasteiger partial charge in [-0.3, -0.25) is 14.4 Å². The smallest absolute Gasteiger partial charge is 0.323 e. The molecule has 2 N–H and O–H groups in total. The van der Waals surface area contributed by atoms with E-state index in [0.717, 1.165) is 0 Å². The molecule has 0 unspecified atom stereocenters. The second-order valence-corrected chi connectivity index (χ2v) is 6.09. The zero-order valence-electron chi connectivity index (χ0n) is 14.4. The van der Waals surface area contributed by atoms with Crippen LogP contribution in [-0.2, 0) is 14.3 Å². The maximum atomic E-state index is 12.6. The number of carbonyl (C=O) groups excluding carboxylic acids is 3. The SMILES string of the molecule is COC(=O)CCC(=O)N1CCN(C(=O)c2ccc3[nH]c(=O)[nH]c3c2)CC1. The standard InChI is InChI=1S/C17H20N4O5/c1-26-15(23)5-4-14(22)20-6-8-21(9-7-20)16(24)11-2-3-12-13(10-11)19-17(25)18-12/h2-3,10H,4-9H2,1H3,(H2,18,19,25). The van der Waals surface area contributed by atoms with Crippen molar-refractivity contribution in [2.24, 2.45) is 0 Å². The van der Waals surface area contributed by atoms with Crippen molar-refractivity contribution in [3.8, 4) is 0 Å². The van der Waals surface area contributed by atoms with Gasteiger partial charge in [0.25, 0.3) is 5.91 Å². The van der Waals surface area contributed by atoms with E-state index in [9.17, 15) is 19.2 Å². The molecule has 2 aromatic rings. The number of ether oxygens (including phenoxy) is 1. The Morgan fingerprint density at radius 1 is 1.00 bits per heavy atom. The number of aromatic amines is 2. The second-order valence-electron chi connectivity index (χ2n) is 6.09. The second kappa shape index (κ2) is 7.42. The maximum Gasteiger partial charge on any atom is 0.323 e. The molecule has 1 aromatic carbocycles. The number of hydrogen-bond donors (Lipinski definition) is 2. The molecule has 0 atom stereocenters. The quantitative estimate of drug-likeness (QED) is 0.750. The number of nitrogens with zero attached hydrogens (tertiary/aromatic N) is 2. The Balaban J connectivity index is 1.58. The van der Waals surface area contributed by atoms with Gasteiger partial charge in [-0.25, -0.2) is 4.79 Å². The van der Waals surface area contributed by atoms with Gasteiger partial charge in [0, 0.05) is 38.2 Å². The highest BCUT2D eigenvalue weighted by atomic mass is 16.5. The molecule has 2 amide bonds. The number of carbonyl (C=O) groups is 3. The summed E-state index contributed by atoms with van der Waals surface area (Å²) in [6.45, 7) is 1.69. The molecule has 1 saturated heterocycles. The van der Waals surface area contributed by atoms with E-state index in [-0.39, 0.29) is 30.3 Å². The lowest BCUT2D eigenvalue weighted by atomic mass is 10.1. The van der Waals surface area contributed by atoms with Crippen molar-refractivity contribution in [2.45, 2.75) is 12.8 Å². The molecule has 0 aliphatic carbocycles. The van der Waals surface area contributed by atoms with E-state index >= 15 is 0 Å². The zero-order valence-corrected chi connectivity index (χ0v) is 14.4. The molecule has 1 aliphatic rings. The number of benzene rings is 1. The highest BCUT2D eigenvalue weighted by Gasteiger charge is 2.25. The summed E-state index contributed by atoms with van der Waals surface area (Å²) in [6.07, 6.45) is 0.168. The summed E-state index contributed by atoms with van der Waals surface area (Å²) in [5, 5.41) is 0. The molecule has 9 heteroatoms. The van der Waals surface area contributed by atoms with Crippen LogP contribution in [0.1, 0.15) is 23.2 Å². The minimum absolute atomic E-state index is 0.0589. The highest BCUT2D eigenvalue weighted by Crippen LogP contribution is 2.14. The van der Waals surface area contributed by atoms with E-state index in [2.05, 4.69) is 14.7 Å². The van der Waals surface area contributed by atoms with Gasteiger partial charge in [-0.1, -0.05) is 0 Å². The number of piperazine rings is 1. The number of imidazole rings is 1. The topological polar surface area (TPSA) is 116 Å². The number of hydrogen-bond acceptors (Lipinski definition) is 5. The third-order valence-corrected chi connectivity index (χ3v) is 4.45.